The number of hydrogen-bond donors (Lipinski definition) is 0. The average Bonchev–Trinajstić information content (AvgIpc) is 2.39. The predicted molar refractivity (Wildman–Crippen MR) is 71.6 cm³/mol. The van der Waals surface area contributed by atoms with Crippen LogP contribution in [0.2, 0.25) is 0 Å². The third-order valence-corrected chi connectivity index (χ3v) is 2.45. The van der Waals surface area contributed by atoms with E-state index in [0.717, 1.165) is 23.0 Å². The smallest absolute Gasteiger partial charge is 0.144 e. The number of hydrogen-bond acceptors (Lipinski definition) is 4. The summed E-state index contributed by atoms with van der Waals surface area (Å²) in [4.78, 5) is 12.8. The molecule has 0 amide bonds. The van der Waals surface area contributed by atoms with Gasteiger partial charge in [-0.05, 0) is 25.1 Å². The molecule has 0 fully saturated rings. The lowest BCUT2D eigenvalue weighted by Gasteiger charge is -2.02. The second kappa shape index (κ2) is 5.91. The van der Waals surface area contributed by atoms with E-state index in [2.05, 4.69) is 15.0 Å². The van der Waals surface area contributed by atoms with Gasteiger partial charge in [0.05, 0.1) is 7.11 Å². The van der Waals surface area contributed by atoms with Crippen LogP contribution in [0.3, 0.4) is 0 Å². The summed E-state index contributed by atoms with van der Waals surface area (Å²) in [7, 11) is 1.64. The van der Waals surface area contributed by atoms with Crippen molar-refractivity contribution in [3.63, 3.8) is 0 Å². The summed E-state index contributed by atoms with van der Waals surface area (Å²) in [6.07, 6.45) is 4.27. The Morgan fingerprint density at radius 3 is 2.89 bits per heavy atom. The Kier molecular flexibility index (Phi) is 4.02. The number of aliphatic imine (C=N–C) groups is 1. The molecule has 18 heavy (non-hydrogen) atoms. The fraction of sp³-hybridized carbons (Fsp3) is 0.214. The molecule has 0 aliphatic heterocycles. The van der Waals surface area contributed by atoms with Crippen LogP contribution < -0.4 is 4.74 Å². The third kappa shape index (κ3) is 3.13. The molecule has 0 saturated carbocycles. The van der Waals surface area contributed by atoms with Gasteiger partial charge in [-0.15, -0.1) is 0 Å². The van der Waals surface area contributed by atoms with Gasteiger partial charge in [-0.3, -0.25) is 4.99 Å². The van der Waals surface area contributed by atoms with E-state index in [9.17, 15) is 0 Å². The van der Waals surface area contributed by atoms with Gasteiger partial charge < -0.3 is 4.74 Å². The highest BCUT2D eigenvalue weighted by Gasteiger charge is 1.98. The van der Waals surface area contributed by atoms with E-state index < -0.39 is 0 Å². The van der Waals surface area contributed by atoms with Gasteiger partial charge in [0.25, 0.3) is 0 Å². The van der Waals surface area contributed by atoms with Crippen LogP contribution in [-0.4, -0.2) is 23.3 Å². The zero-order valence-electron chi connectivity index (χ0n) is 10.5. The summed E-state index contributed by atoms with van der Waals surface area (Å²) < 4.78 is 5.23. The summed E-state index contributed by atoms with van der Waals surface area (Å²) >= 11 is 0. The Bertz CT molecular complexity index is 552. The number of ether oxygens (including phenoxy) is 1. The molecule has 0 aliphatic carbocycles. The van der Waals surface area contributed by atoms with Crippen molar-refractivity contribution in [3.05, 3.63) is 48.0 Å². The van der Waals surface area contributed by atoms with Gasteiger partial charge in [0, 0.05) is 24.5 Å². The molecular formula is C14H15N3O. The molecule has 0 unspecified atom stereocenters. The summed E-state index contributed by atoms with van der Waals surface area (Å²) in [5.74, 6) is 1.55. The average molecular weight is 241 g/mol. The van der Waals surface area contributed by atoms with Gasteiger partial charge in [-0.25, -0.2) is 9.97 Å². The molecule has 0 atom stereocenters. The van der Waals surface area contributed by atoms with E-state index in [-0.39, 0.29) is 0 Å². The SMILES string of the molecule is COc1ccccc1N=CCc1ccnc(C)n1. The minimum atomic E-state index is 0.682. The molecule has 4 heteroatoms. The summed E-state index contributed by atoms with van der Waals surface area (Å²) in [6.45, 7) is 1.88. The fourth-order valence-corrected chi connectivity index (χ4v) is 1.59. The van der Waals surface area contributed by atoms with Crippen LogP contribution in [0.5, 0.6) is 5.75 Å². The van der Waals surface area contributed by atoms with E-state index in [1.807, 2.05) is 43.5 Å². The lowest BCUT2D eigenvalue weighted by Crippen LogP contribution is -1.95. The highest BCUT2D eigenvalue weighted by Crippen LogP contribution is 2.25. The first kappa shape index (κ1) is 12.2. The van der Waals surface area contributed by atoms with Crippen molar-refractivity contribution in [2.24, 2.45) is 4.99 Å². The number of nitrogens with zero attached hydrogens (tertiary/aromatic N) is 3. The van der Waals surface area contributed by atoms with Crippen LogP contribution in [0.25, 0.3) is 0 Å². The normalized spacial score (nSPS) is 10.8. The molecule has 4 nitrogen and oxygen atoms in total. The predicted octanol–water partition coefficient (Wildman–Crippen LogP) is 2.74. The molecule has 2 aromatic rings. The van der Waals surface area contributed by atoms with E-state index in [0.29, 0.717) is 6.42 Å². The maximum atomic E-state index is 5.23. The molecule has 0 bridgehead atoms. The van der Waals surface area contributed by atoms with Crippen molar-refractivity contribution in [1.29, 1.82) is 0 Å². The van der Waals surface area contributed by atoms with Gasteiger partial charge >= 0.3 is 0 Å². The maximum absolute atomic E-state index is 5.23. The lowest BCUT2D eigenvalue weighted by molar-refractivity contribution is 0.416. The molecule has 0 radical (unpaired) electrons. The Balaban J connectivity index is 2.07. The Labute approximate surface area is 106 Å². The van der Waals surface area contributed by atoms with Gasteiger partial charge in [-0.2, -0.15) is 0 Å². The number of methoxy groups -OCH3 is 1. The van der Waals surface area contributed by atoms with Gasteiger partial charge in [-0.1, -0.05) is 12.1 Å². The first-order valence-electron chi connectivity index (χ1n) is 5.73. The zero-order valence-corrected chi connectivity index (χ0v) is 10.5. The summed E-state index contributed by atoms with van der Waals surface area (Å²) in [5, 5.41) is 0. The molecule has 1 aromatic heterocycles. The Morgan fingerprint density at radius 1 is 1.28 bits per heavy atom. The van der Waals surface area contributed by atoms with Crippen molar-refractivity contribution in [2.45, 2.75) is 13.3 Å². The van der Waals surface area contributed by atoms with Crippen molar-refractivity contribution < 1.29 is 4.74 Å². The van der Waals surface area contributed by atoms with Crippen LogP contribution in [-0.2, 0) is 6.42 Å². The van der Waals surface area contributed by atoms with Gasteiger partial charge in [0.2, 0.25) is 0 Å². The molecular weight excluding hydrogens is 226 g/mol. The van der Waals surface area contributed by atoms with Crippen molar-refractivity contribution >= 4 is 11.9 Å². The van der Waals surface area contributed by atoms with E-state index >= 15 is 0 Å². The number of aromatic nitrogens is 2. The quantitative estimate of drug-likeness (QED) is 0.773. The first-order chi connectivity index (χ1) is 8.79. The molecule has 1 aromatic carbocycles. The largest absolute Gasteiger partial charge is 0.494 e. The minimum absolute atomic E-state index is 0.682. The molecule has 92 valence electrons. The Morgan fingerprint density at radius 2 is 2.11 bits per heavy atom. The van der Waals surface area contributed by atoms with Crippen molar-refractivity contribution in [1.82, 2.24) is 9.97 Å². The molecule has 0 spiro atoms. The number of para-hydroxylation sites is 2. The summed E-state index contributed by atoms with van der Waals surface area (Å²) in [6, 6.07) is 9.55. The lowest BCUT2D eigenvalue weighted by atomic mass is 10.3. The second-order valence-corrected chi connectivity index (χ2v) is 3.78. The molecule has 0 saturated heterocycles. The number of benzene rings is 1. The Hall–Kier alpha value is -2.23. The van der Waals surface area contributed by atoms with Gasteiger partial charge in [0.1, 0.15) is 17.3 Å². The number of aryl methyl sites for hydroxylation is 1. The van der Waals surface area contributed by atoms with Gasteiger partial charge in [0.15, 0.2) is 0 Å². The van der Waals surface area contributed by atoms with Crippen molar-refractivity contribution in [3.8, 4) is 5.75 Å². The highest BCUT2D eigenvalue weighted by molar-refractivity contribution is 5.68. The molecule has 1 heterocycles. The van der Waals surface area contributed by atoms with Crippen LogP contribution in [0.1, 0.15) is 11.5 Å². The van der Waals surface area contributed by atoms with Crippen LogP contribution in [0.4, 0.5) is 5.69 Å². The maximum Gasteiger partial charge on any atom is 0.144 e. The standard InChI is InChI=1S/C14H15N3O/c1-11-15-9-7-12(17-11)8-10-16-13-5-3-4-6-14(13)18-2/h3-7,9-10H,8H2,1-2H3. The van der Waals surface area contributed by atoms with Crippen LogP contribution >= 0.6 is 0 Å². The molecule has 0 aliphatic rings. The third-order valence-electron chi connectivity index (χ3n) is 2.45. The first-order valence-corrected chi connectivity index (χ1v) is 5.73. The van der Waals surface area contributed by atoms with Crippen LogP contribution in [0.15, 0.2) is 41.5 Å². The fourth-order valence-electron chi connectivity index (χ4n) is 1.59. The molecule has 0 N–H and O–H groups in total. The minimum Gasteiger partial charge on any atom is -0.494 e. The molecule has 2 rings (SSSR count). The highest BCUT2D eigenvalue weighted by atomic mass is 16.5. The zero-order chi connectivity index (χ0) is 12.8. The number of rotatable bonds is 4. The topological polar surface area (TPSA) is 47.4 Å². The van der Waals surface area contributed by atoms with E-state index in [4.69, 9.17) is 4.74 Å². The monoisotopic (exact) mass is 241 g/mol. The van der Waals surface area contributed by atoms with E-state index in [1.165, 1.54) is 0 Å². The second-order valence-electron chi connectivity index (χ2n) is 3.78. The van der Waals surface area contributed by atoms with Crippen LogP contribution in [0, 0.1) is 6.92 Å². The van der Waals surface area contributed by atoms with Crippen molar-refractivity contribution in [2.75, 3.05) is 7.11 Å². The van der Waals surface area contributed by atoms with E-state index in [1.54, 1.807) is 13.3 Å². The summed E-state index contributed by atoms with van der Waals surface area (Å²) in [5.41, 5.74) is 1.78.